The van der Waals surface area contributed by atoms with Crippen molar-refractivity contribution in [3.8, 4) is 16.9 Å². The highest BCUT2D eigenvalue weighted by Gasteiger charge is 2.24. The molecule has 110 valence electrons. The minimum atomic E-state index is 0.173. The van der Waals surface area contributed by atoms with Crippen LogP contribution in [0.25, 0.3) is 11.1 Å². The predicted molar refractivity (Wildman–Crippen MR) is 84.3 cm³/mol. The third-order valence-electron chi connectivity index (χ3n) is 3.86. The third-order valence-corrected chi connectivity index (χ3v) is 3.86. The standard InChI is InChI=1S/C18H21NO2/c19-12-17-10-11-18(21-17)13-20-16-8-6-15(7-9-16)14-4-2-1-3-5-14/h1-9,17-18H,10-13,19H2. The maximum absolute atomic E-state index is 5.81. The Morgan fingerprint density at radius 3 is 2.24 bits per heavy atom. The Morgan fingerprint density at radius 2 is 1.57 bits per heavy atom. The van der Waals surface area contributed by atoms with Gasteiger partial charge in [-0.2, -0.15) is 0 Å². The van der Waals surface area contributed by atoms with E-state index >= 15 is 0 Å². The fourth-order valence-corrected chi connectivity index (χ4v) is 2.64. The van der Waals surface area contributed by atoms with E-state index in [1.54, 1.807) is 0 Å². The zero-order valence-corrected chi connectivity index (χ0v) is 12.1. The molecule has 2 aromatic rings. The first-order valence-corrected chi connectivity index (χ1v) is 7.49. The van der Waals surface area contributed by atoms with E-state index in [1.165, 1.54) is 11.1 Å². The minimum Gasteiger partial charge on any atom is -0.491 e. The van der Waals surface area contributed by atoms with Crippen LogP contribution in [0.2, 0.25) is 0 Å². The molecule has 1 fully saturated rings. The van der Waals surface area contributed by atoms with Gasteiger partial charge in [-0.05, 0) is 36.1 Å². The topological polar surface area (TPSA) is 44.5 Å². The van der Waals surface area contributed by atoms with Crippen LogP contribution in [-0.4, -0.2) is 25.4 Å². The summed E-state index contributed by atoms with van der Waals surface area (Å²) in [4.78, 5) is 0. The monoisotopic (exact) mass is 283 g/mol. The average Bonchev–Trinajstić information content (AvgIpc) is 3.02. The largest absolute Gasteiger partial charge is 0.491 e. The lowest BCUT2D eigenvalue weighted by atomic mass is 10.1. The Balaban J connectivity index is 1.55. The van der Waals surface area contributed by atoms with Crippen LogP contribution in [0.5, 0.6) is 5.75 Å². The second-order valence-electron chi connectivity index (χ2n) is 5.39. The first kappa shape index (κ1) is 14.1. The smallest absolute Gasteiger partial charge is 0.119 e. The van der Waals surface area contributed by atoms with E-state index in [9.17, 15) is 0 Å². The normalized spacial score (nSPS) is 21.4. The Hall–Kier alpha value is -1.84. The molecule has 2 N–H and O–H groups in total. The summed E-state index contributed by atoms with van der Waals surface area (Å²) in [5, 5.41) is 0. The van der Waals surface area contributed by atoms with Crippen molar-refractivity contribution in [2.45, 2.75) is 25.0 Å². The molecule has 0 amide bonds. The highest BCUT2D eigenvalue weighted by Crippen LogP contribution is 2.23. The summed E-state index contributed by atoms with van der Waals surface area (Å²) < 4.78 is 11.6. The number of ether oxygens (including phenoxy) is 2. The summed E-state index contributed by atoms with van der Waals surface area (Å²) in [5.41, 5.74) is 8.02. The quantitative estimate of drug-likeness (QED) is 0.916. The summed E-state index contributed by atoms with van der Waals surface area (Å²) in [6.07, 6.45) is 2.45. The van der Waals surface area contributed by atoms with Gasteiger partial charge in [-0.15, -0.1) is 0 Å². The molecule has 3 heteroatoms. The van der Waals surface area contributed by atoms with Gasteiger partial charge in [0.1, 0.15) is 12.4 Å². The molecular formula is C18H21NO2. The van der Waals surface area contributed by atoms with Crippen molar-refractivity contribution >= 4 is 0 Å². The van der Waals surface area contributed by atoms with Gasteiger partial charge in [0, 0.05) is 6.54 Å². The van der Waals surface area contributed by atoms with E-state index in [2.05, 4.69) is 24.3 Å². The van der Waals surface area contributed by atoms with Crippen molar-refractivity contribution in [3.63, 3.8) is 0 Å². The molecule has 0 bridgehead atoms. The molecule has 2 atom stereocenters. The lowest BCUT2D eigenvalue weighted by molar-refractivity contribution is 0.0222. The Bertz CT molecular complexity index is 553. The van der Waals surface area contributed by atoms with Crippen LogP contribution in [0.15, 0.2) is 54.6 Å². The van der Waals surface area contributed by atoms with E-state index < -0.39 is 0 Å². The van der Waals surface area contributed by atoms with Gasteiger partial charge in [0.05, 0.1) is 12.2 Å². The molecular weight excluding hydrogens is 262 g/mol. The average molecular weight is 283 g/mol. The van der Waals surface area contributed by atoms with Crippen LogP contribution in [0, 0.1) is 0 Å². The highest BCUT2D eigenvalue weighted by atomic mass is 16.5. The van der Waals surface area contributed by atoms with Gasteiger partial charge >= 0.3 is 0 Å². The SMILES string of the molecule is NCC1CCC(COc2ccc(-c3ccccc3)cc2)O1. The van der Waals surface area contributed by atoms with Crippen LogP contribution < -0.4 is 10.5 Å². The molecule has 1 aliphatic heterocycles. The summed E-state index contributed by atoms with van der Waals surface area (Å²) in [7, 11) is 0. The molecule has 0 spiro atoms. The Morgan fingerprint density at radius 1 is 0.905 bits per heavy atom. The number of hydrogen-bond donors (Lipinski definition) is 1. The van der Waals surface area contributed by atoms with Gasteiger partial charge in [-0.3, -0.25) is 0 Å². The molecule has 3 nitrogen and oxygen atoms in total. The van der Waals surface area contributed by atoms with Crippen molar-refractivity contribution in [1.29, 1.82) is 0 Å². The molecule has 1 aliphatic rings. The van der Waals surface area contributed by atoms with E-state index in [4.69, 9.17) is 15.2 Å². The molecule has 0 saturated carbocycles. The van der Waals surface area contributed by atoms with Crippen molar-refractivity contribution in [1.82, 2.24) is 0 Å². The van der Waals surface area contributed by atoms with E-state index in [1.807, 2.05) is 30.3 Å². The van der Waals surface area contributed by atoms with Crippen molar-refractivity contribution < 1.29 is 9.47 Å². The maximum atomic E-state index is 5.81. The fourth-order valence-electron chi connectivity index (χ4n) is 2.64. The van der Waals surface area contributed by atoms with Gasteiger partial charge in [0.15, 0.2) is 0 Å². The van der Waals surface area contributed by atoms with Gasteiger partial charge in [-0.1, -0.05) is 42.5 Å². The Kier molecular flexibility index (Phi) is 4.53. The van der Waals surface area contributed by atoms with Crippen LogP contribution in [0.1, 0.15) is 12.8 Å². The molecule has 0 radical (unpaired) electrons. The minimum absolute atomic E-state index is 0.173. The van der Waals surface area contributed by atoms with Gasteiger partial charge < -0.3 is 15.2 Å². The van der Waals surface area contributed by atoms with Crippen molar-refractivity contribution in [2.24, 2.45) is 5.73 Å². The van der Waals surface area contributed by atoms with Gasteiger partial charge in [0.25, 0.3) is 0 Å². The van der Waals surface area contributed by atoms with Crippen molar-refractivity contribution in [3.05, 3.63) is 54.6 Å². The number of hydrogen-bond acceptors (Lipinski definition) is 3. The predicted octanol–water partition coefficient (Wildman–Crippen LogP) is 3.24. The van der Waals surface area contributed by atoms with E-state index in [0.717, 1.165) is 18.6 Å². The van der Waals surface area contributed by atoms with Crippen LogP contribution >= 0.6 is 0 Å². The summed E-state index contributed by atoms with van der Waals surface area (Å²) in [6.45, 7) is 1.20. The van der Waals surface area contributed by atoms with Crippen LogP contribution in [0.3, 0.4) is 0 Å². The fraction of sp³-hybridized carbons (Fsp3) is 0.333. The Labute approximate surface area is 125 Å². The zero-order valence-electron chi connectivity index (χ0n) is 12.1. The first-order chi connectivity index (χ1) is 10.3. The molecule has 3 rings (SSSR count). The second kappa shape index (κ2) is 6.74. The molecule has 0 aromatic heterocycles. The summed E-state index contributed by atoms with van der Waals surface area (Å²) >= 11 is 0. The molecule has 1 heterocycles. The second-order valence-corrected chi connectivity index (χ2v) is 5.39. The summed E-state index contributed by atoms with van der Waals surface area (Å²) in [5.74, 6) is 0.884. The lowest BCUT2D eigenvalue weighted by Crippen LogP contribution is -2.23. The highest BCUT2D eigenvalue weighted by molar-refractivity contribution is 5.63. The van der Waals surface area contributed by atoms with E-state index in [0.29, 0.717) is 13.2 Å². The maximum Gasteiger partial charge on any atom is 0.119 e. The van der Waals surface area contributed by atoms with Crippen LogP contribution in [0.4, 0.5) is 0 Å². The first-order valence-electron chi connectivity index (χ1n) is 7.49. The van der Waals surface area contributed by atoms with Gasteiger partial charge in [-0.25, -0.2) is 0 Å². The lowest BCUT2D eigenvalue weighted by Gasteiger charge is -2.14. The molecule has 1 saturated heterocycles. The summed E-state index contributed by atoms with van der Waals surface area (Å²) in [6, 6.07) is 18.5. The molecule has 2 aromatic carbocycles. The number of benzene rings is 2. The number of nitrogens with two attached hydrogens (primary N) is 1. The zero-order chi connectivity index (χ0) is 14.5. The number of rotatable bonds is 5. The molecule has 2 unspecified atom stereocenters. The van der Waals surface area contributed by atoms with Gasteiger partial charge in [0.2, 0.25) is 0 Å². The molecule has 0 aliphatic carbocycles. The third kappa shape index (κ3) is 3.63. The van der Waals surface area contributed by atoms with Crippen LogP contribution in [-0.2, 0) is 4.74 Å². The molecule has 21 heavy (non-hydrogen) atoms. The van der Waals surface area contributed by atoms with Crippen molar-refractivity contribution in [2.75, 3.05) is 13.2 Å². The van der Waals surface area contributed by atoms with E-state index in [-0.39, 0.29) is 12.2 Å².